The number of benzene rings is 1. The number of hydrogen-bond donors (Lipinski definition) is 0. The van der Waals surface area contributed by atoms with Crippen molar-refractivity contribution < 1.29 is 38.0 Å². The third-order valence-electron chi connectivity index (χ3n) is 4.56. The van der Waals surface area contributed by atoms with Crippen LogP contribution in [0, 0.1) is 13.8 Å². The quantitative estimate of drug-likeness (QED) is 0.294. The van der Waals surface area contributed by atoms with Crippen LogP contribution in [-0.2, 0) is 39.8 Å². The summed E-state index contributed by atoms with van der Waals surface area (Å²) in [6.45, 7) is 11.5. The lowest BCUT2D eigenvalue weighted by Gasteiger charge is -2.20. The predicted molar refractivity (Wildman–Crippen MR) is 121 cm³/mol. The second kappa shape index (κ2) is 14.6. The van der Waals surface area contributed by atoms with Crippen molar-refractivity contribution in [2.45, 2.75) is 59.0 Å². The van der Waals surface area contributed by atoms with E-state index in [-0.39, 0.29) is 31.0 Å². The van der Waals surface area contributed by atoms with Crippen LogP contribution in [-0.4, -0.2) is 78.1 Å². The van der Waals surface area contributed by atoms with Crippen molar-refractivity contribution in [3.8, 4) is 5.75 Å². The first-order valence-electron chi connectivity index (χ1n) is 10.7. The van der Waals surface area contributed by atoms with Gasteiger partial charge < -0.3 is 33.2 Å². The SMILES string of the molecule is COCC(COCC(COCC(=O)Oc1c(C)cc(COC(C)(C)C)cc1C)OC)OC. The highest BCUT2D eigenvalue weighted by Crippen LogP contribution is 2.26. The van der Waals surface area contributed by atoms with Crippen molar-refractivity contribution in [1.82, 2.24) is 0 Å². The molecular weight excluding hydrogens is 416 g/mol. The smallest absolute Gasteiger partial charge is 0.337 e. The van der Waals surface area contributed by atoms with E-state index >= 15 is 0 Å². The summed E-state index contributed by atoms with van der Waals surface area (Å²) in [6.07, 6.45) is -0.459. The van der Waals surface area contributed by atoms with Gasteiger partial charge in [0.2, 0.25) is 0 Å². The molecule has 0 fully saturated rings. The van der Waals surface area contributed by atoms with Gasteiger partial charge in [0.05, 0.1) is 38.6 Å². The minimum Gasteiger partial charge on any atom is -0.424 e. The number of ether oxygens (including phenoxy) is 7. The van der Waals surface area contributed by atoms with Gasteiger partial charge in [-0.15, -0.1) is 0 Å². The van der Waals surface area contributed by atoms with Crippen LogP contribution in [0.25, 0.3) is 0 Å². The number of methoxy groups -OCH3 is 3. The molecular formula is C24H40O8. The van der Waals surface area contributed by atoms with Crippen molar-refractivity contribution in [2.75, 3.05) is 54.4 Å². The van der Waals surface area contributed by atoms with Crippen LogP contribution in [0.3, 0.4) is 0 Å². The lowest BCUT2D eigenvalue weighted by Crippen LogP contribution is -2.30. The molecule has 0 amide bonds. The van der Waals surface area contributed by atoms with Crippen LogP contribution in [0.5, 0.6) is 5.75 Å². The van der Waals surface area contributed by atoms with Gasteiger partial charge in [0.15, 0.2) is 0 Å². The zero-order chi connectivity index (χ0) is 24.1. The topological polar surface area (TPSA) is 81.7 Å². The summed E-state index contributed by atoms with van der Waals surface area (Å²) in [5, 5.41) is 0. The maximum atomic E-state index is 12.3. The van der Waals surface area contributed by atoms with Crippen molar-refractivity contribution in [3.05, 3.63) is 28.8 Å². The van der Waals surface area contributed by atoms with E-state index in [1.807, 2.05) is 46.8 Å². The van der Waals surface area contributed by atoms with Gasteiger partial charge in [-0.3, -0.25) is 0 Å². The number of aryl methyl sites for hydroxylation is 2. The molecule has 0 aliphatic heterocycles. The van der Waals surface area contributed by atoms with Gasteiger partial charge in [-0.25, -0.2) is 4.79 Å². The first kappa shape index (κ1) is 28.5. The highest BCUT2D eigenvalue weighted by atomic mass is 16.6. The Balaban J connectivity index is 2.46. The molecule has 0 aromatic heterocycles. The average Bonchev–Trinajstić information content (AvgIpc) is 2.72. The molecule has 0 saturated heterocycles. The fourth-order valence-electron chi connectivity index (χ4n) is 2.89. The van der Waals surface area contributed by atoms with E-state index in [0.29, 0.717) is 32.2 Å². The Morgan fingerprint density at radius 3 is 1.91 bits per heavy atom. The molecule has 8 heteroatoms. The first-order valence-corrected chi connectivity index (χ1v) is 10.7. The maximum Gasteiger partial charge on any atom is 0.337 e. The summed E-state index contributed by atoms with van der Waals surface area (Å²) in [5.41, 5.74) is 2.57. The number of carbonyl (C=O) groups is 1. The Bertz CT molecular complexity index is 660. The summed E-state index contributed by atoms with van der Waals surface area (Å²) in [5.74, 6) is 0.0821. The molecule has 1 aromatic rings. The van der Waals surface area contributed by atoms with Gasteiger partial charge in [-0.05, 0) is 51.3 Å². The second-order valence-electron chi connectivity index (χ2n) is 8.66. The molecule has 0 spiro atoms. The lowest BCUT2D eigenvalue weighted by atomic mass is 10.1. The van der Waals surface area contributed by atoms with E-state index in [1.165, 1.54) is 0 Å². The van der Waals surface area contributed by atoms with Crippen molar-refractivity contribution in [3.63, 3.8) is 0 Å². The van der Waals surface area contributed by atoms with Gasteiger partial charge >= 0.3 is 5.97 Å². The monoisotopic (exact) mass is 456 g/mol. The summed E-state index contributed by atoms with van der Waals surface area (Å²) < 4.78 is 38.1. The van der Waals surface area contributed by atoms with E-state index in [4.69, 9.17) is 33.2 Å². The van der Waals surface area contributed by atoms with Gasteiger partial charge in [0.25, 0.3) is 0 Å². The molecule has 8 nitrogen and oxygen atoms in total. The number of carbonyl (C=O) groups excluding carboxylic acids is 1. The average molecular weight is 457 g/mol. The fraction of sp³-hybridized carbons (Fsp3) is 0.708. The zero-order valence-corrected chi connectivity index (χ0v) is 20.8. The Hall–Kier alpha value is -1.55. The van der Waals surface area contributed by atoms with Crippen LogP contribution >= 0.6 is 0 Å². The van der Waals surface area contributed by atoms with Crippen LogP contribution < -0.4 is 4.74 Å². The van der Waals surface area contributed by atoms with E-state index in [2.05, 4.69) is 0 Å². The van der Waals surface area contributed by atoms with Crippen LogP contribution in [0.4, 0.5) is 0 Å². The molecule has 0 saturated carbocycles. The zero-order valence-electron chi connectivity index (χ0n) is 20.8. The van der Waals surface area contributed by atoms with Gasteiger partial charge in [0, 0.05) is 21.3 Å². The van der Waals surface area contributed by atoms with Crippen LogP contribution in [0.15, 0.2) is 12.1 Å². The molecule has 1 rings (SSSR count). The largest absolute Gasteiger partial charge is 0.424 e. The molecule has 2 atom stereocenters. The first-order chi connectivity index (χ1) is 15.1. The summed E-state index contributed by atoms with van der Waals surface area (Å²) in [6, 6.07) is 3.94. The number of esters is 1. The van der Waals surface area contributed by atoms with E-state index in [1.54, 1.807) is 21.3 Å². The normalized spacial score (nSPS) is 13.8. The Morgan fingerprint density at radius 1 is 0.875 bits per heavy atom. The summed E-state index contributed by atoms with van der Waals surface area (Å²) >= 11 is 0. The van der Waals surface area contributed by atoms with Crippen LogP contribution in [0.2, 0.25) is 0 Å². The Labute approximate surface area is 192 Å². The molecule has 32 heavy (non-hydrogen) atoms. The van der Waals surface area contributed by atoms with Gasteiger partial charge in [0.1, 0.15) is 24.6 Å². The Morgan fingerprint density at radius 2 is 1.41 bits per heavy atom. The van der Waals surface area contributed by atoms with Crippen molar-refractivity contribution in [1.29, 1.82) is 0 Å². The van der Waals surface area contributed by atoms with Crippen molar-refractivity contribution in [2.24, 2.45) is 0 Å². The number of hydrogen-bond acceptors (Lipinski definition) is 8. The lowest BCUT2D eigenvalue weighted by molar-refractivity contribution is -0.141. The molecule has 2 unspecified atom stereocenters. The van der Waals surface area contributed by atoms with Crippen molar-refractivity contribution >= 4 is 5.97 Å². The highest BCUT2D eigenvalue weighted by molar-refractivity contribution is 5.74. The standard InChI is InChI=1S/C24H40O8/c1-17-9-19(11-31-24(3,4)5)10-18(2)23(17)32-22(25)16-30-15-21(28-8)14-29-13-20(27-7)12-26-6/h9-10,20-21H,11-16H2,1-8H3. The molecule has 0 heterocycles. The fourth-order valence-corrected chi connectivity index (χ4v) is 2.89. The van der Waals surface area contributed by atoms with Gasteiger partial charge in [-0.1, -0.05) is 12.1 Å². The molecule has 0 N–H and O–H groups in total. The number of rotatable bonds is 15. The third kappa shape index (κ3) is 11.4. The third-order valence-corrected chi connectivity index (χ3v) is 4.56. The highest BCUT2D eigenvalue weighted by Gasteiger charge is 2.16. The molecule has 0 aliphatic rings. The maximum absolute atomic E-state index is 12.3. The molecule has 0 bridgehead atoms. The van der Waals surface area contributed by atoms with E-state index in [9.17, 15) is 4.79 Å². The molecule has 184 valence electrons. The summed E-state index contributed by atoms with van der Waals surface area (Å²) in [4.78, 5) is 12.3. The molecule has 1 aromatic carbocycles. The molecule has 0 radical (unpaired) electrons. The Kier molecular flexibility index (Phi) is 13.0. The van der Waals surface area contributed by atoms with Gasteiger partial charge in [-0.2, -0.15) is 0 Å². The second-order valence-corrected chi connectivity index (χ2v) is 8.66. The minimum absolute atomic E-state index is 0.147. The summed E-state index contributed by atoms with van der Waals surface area (Å²) in [7, 11) is 4.78. The predicted octanol–water partition coefficient (Wildman–Crippen LogP) is 3.23. The van der Waals surface area contributed by atoms with Crippen LogP contribution in [0.1, 0.15) is 37.5 Å². The van der Waals surface area contributed by atoms with E-state index < -0.39 is 5.97 Å². The molecule has 0 aliphatic carbocycles. The minimum atomic E-state index is -0.467. The van der Waals surface area contributed by atoms with E-state index in [0.717, 1.165) is 16.7 Å².